The Morgan fingerprint density at radius 2 is 1.81 bits per heavy atom. The Morgan fingerprint density at radius 1 is 1.06 bits per heavy atom. The molecule has 1 aromatic carbocycles. The van der Waals surface area contributed by atoms with Crippen LogP contribution in [0.3, 0.4) is 0 Å². The lowest BCUT2D eigenvalue weighted by molar-refractivity contribution is -0.293. The van der Waals surface area contributed by atoms with Gasteiger partial charge in [0.15, 0.2) is 5.79 Å². The van der Waals surface area contributed by atoms with Gasteiger partial charge in [-0.2, -0.15) is 0 Å². The van der Waals surface area contributed by atoms with Crippen LogP contribution in [-0.4, -0.2) is 78.4 Å². The molecular weight excluding hydrogens is 532 g/mol. The highest BCUT2D eigenvalue weighted by Gasteiger charge is 2.68. The summed E-state index contributed by atoms with van der Waals surface area (Å²) >= 11 is 3.43. The van der Waals surface area contributed by atoms with Crippen LogP contribution in [0.15, 0.2) is 41.4 Å². The summed E-state index contributed by atoms with van der Waals surface area (Å²) in [6.07, 6.45) is 2.84. The highest BCUT2D eigenvalue weighted by Crippen LogP contribution is 2.54. The van der Waals surface area contributed by atoms with Gasteiger partial charge in [-0.15, -0.1) is 0 Å². The molecule has 9 heteroatoms. The number of carbonyl (C=O) groups is 1. The van der Waals surface area contributed by atoms with Crippen molar-refractivity contribution in [3.63, 3.8) is 0 Å². The van der Waals surface area contributed by atoms with Gasteiger partial charge < -0.3 is 33.5 Å². The molecule has 196 valence electrons. The van der Waals surface area contributed by atoms with Gasteiger partial charge >= 0.3 is 5.97 Å². The zero-order chi connectivity index (χ0) is 24.9. The predicted octanol–water partition coefficient (Wildman–Crippen LogP) is 3.64. The summed E-state index contributed by atoms with van der Waals surface area (Å²) in [5.74, 6) is -1.21. The van der Waals surface area contributed by atoms with Crippen LogP contribution in [0.1, 0.15) is 55.3 Å². The highest BCUT2D eigenvalue weighted by molar-refractivity contribution is 9.11. The molecule has 0 amide bonds. The summed E-state index contributed by atoms with van der Waals surface area (Å²) in [7, 11) is 0. The SMILES string of the molecule is C=C(Br)C[C@@H](CC[C@@]12C[C@H]3O[C@@H]4[C@@H](O[C@H]5CC[C@H](CCO)O[C@@H]5[C@H]4O1)[C@H]3O2)OC(=O)c1ccccc1. The van der Waals surface area contributed by atoms with E-state index in [0.717, 1.165) is 17.3 Å². The maximum Gasteiger partial charge on any atom is 0.338 e. The lowest BCUT2D eigenvalue weighted by atomic mass is 9.87. The van der Waals surface area contributed by atoms with Crippen LogP contribution >= 0.6 is 15.9 Å². The zero-order valence-electron chi connectivity index (χ0n) is 20.1. The van der Waals surface area contributed by atoms with Crippen molar-refractivity contribution in [2.24, 2.45) is 0 Å². The number of fused-ring (bicyclic) bond motifs is 1. The van der Waals surface area contributed by atoms with E-state index in [1.165, 1.54) is 0 Å². The Hall–Kier alpha value is -1.33. The van der Waals surface area contributed by atoms with E-state index in [-0.39, 0.29) is 67.5 Å². The molecule has 0 aromatic heterocycles. The van der Waals surface area contributed by atoms with Gasteiger partial charge in [0.2, 0.25) is 0 Å². The second kappa shape index (κ2) is 10.1. The molecule has 1 N–H and O–H groups in total. The molecule has 0 saturated carbocycles. The molecular formula is C27H33BrO8. The zero-order valence-corrected chi connectivity index (χ0v) is 21.7. The number of benzene rings is 1. The van der Waals surface area contributed by atoms with Crippen LogP contribution in [-0.2, 0) is 28.4 Å². The Balaban J connectivity index is 1.18. The van der Waals surface area contributed by atoms with E-state index in [1.807, 2.05) is 18.2 Å². The first-order valence-electron chi connectivity index (χ1n) is 13.0. The molecule has 0 unspecified atom stereocenters. The van der Waals surface area contributed by atoms with E-state index in [0.29, 0.717) is 37.7 Å². The summed E-state index contributed by atoms with van der Waals surface area (Å²) in [6, 6.07) is 8.99. The first-order valence-corrected chi connectivity index (χ1v) is 13.8. The second-order valence-electron chi connectivity index (χ2n) is 10.5. The highest BCUT2D eigenvalue weighted by atomic mass is 79.9. The molecule has 6 bridgehead atoms. The third kappa shape index (κ3) is 4.68. The van der Waals surface area contributed by atoms with Crippen molar-refractivity contribution < 1.29 is 38.3 Å². The van der Waals surface area contributed by atoms with E-state index in [1.54, 1.807) is 12.1 Å². The smallest absolute Gasteiger partial charge is 0.338 e. The van der Waals surface area contributed by atoms with Crippen molar-refractivity contribution in [2.75, 3.05) is 6.61 Å². The molecule has 6 heterocycles. The third-order valence-electron chi connectivity index (χ3n) is 8.06. The van der Waals surface area contributed by atoms with Crippen LogP contribution in [0.5, 0.6) is 0 Å². The summed E-state index contributed by atoms with van der Waals surface area (Å²) in [6.45, 7) is 4.05. The minimum absolute atomic E-state index is 0.0148. The number of ether oxygens (including phenoxy) is 6. The Morgan fingerprint density at radius 3 is 2.58 bits per heavy atom. The van der Waals surface area contributed by atoms with Gasteiger partial charge in [0.1, 0.15) is 36.6 Å². The van der Waals surface area contributed by atoms with Crippen molar-refractivity contribution >= 4 is 21.9 Å². The van der Waals surface area contributed by atoms with Crippen molar-refractivity contribution in [1.82, 2.24) is 0 Å². The van der Waals surface area contributed by atoms with Gasteiger partial charge in [-0.05, 0) is 42.3 Å². The fraction of sp³-hybridized carbons (Fsp3) is 0.667. The van der Waals surface area contributed by atoms with Gasteiger partial charge in [-0.25, -0.2) is 4.79 Å². The first kappa shape index (κ1) is 25.0. The van der Waals surface area contributed by atoms with Crippen molar-refractivity contribution in [3.05, 3.63) is 47.0 Å². The third-order valence-corrected chi connectivity index (χ3v) is 8.38. The summed E-state index contributed by atoms with van der Waals surface area (Å²) in [4.78, 5) is 12.7. The van der Waals surface area contributed by atoms with Gasteiger partial charge in [0.25, 0.3) is 0 Å². The van der Waals surface area contributed by atoms with Gasteiger partial charge in [0.05, 0.1) is 23.9 Å². The molecule has 0 radical (unpaired) electrons. The molecule has 6 saturated heterocycles. The normalized spacial score (nSPS) is 40.9. The lowest BCUT2D eigenvalue weighted by Crippen LogP contribution is -2.61. The number of hydrogen-bond donors (Lipinski definition) is 1. The average Bonchev–Trinajstić information content (AvgIpc) is 3.28. The number of carbonyl (C=O) groups excluding carboxylic acids is 1. The minimum Gasteiger partial charge on any atom is -0.458 e. The number of esters is 1. The van der Waals surface area contributed by atoms with Gasteiger partial charge in [0, 0.05) is 25.9 Å². The number of aliphatic hydroxyl groups excluding tert-OH is 1. The lowest BCUT2D eigenvalue weighted by Gasteiger charge is -2.47. The van der Waals surface area contributed by atoms with Gasteiger partial charge in [-0.3, -0.25) is 0 Å². The van der Waals surface area contributed by atoms with Crippen LogP contribution in [0, 0.1) is 0 Å². The summed E-state index contributed by atoms with van der Waals surface area (Å²) < 4.78 is 39.2. The maximum atomic E-state index is 12.7. The van der Waals surface area contributed by atoms with E-state index < -0.39 is 5.79 Å². The quantitative estimate of drug-likeness (QED) is 0.454. The molecule has 6 fully saturated rings. The summed E-state index contributed by atoms with van der Waals surface area (Å²) in [5.41, 5.74) is 0.516. The van der Waals surface area contributed by atoms with E-state index >= 15 is 0 Å². The molecule has 6 aliphatic rings. The second-order valence-corrected chi connectivity index (χ2v) is 11.6. The van der Waals surface area contributed by atoms with Gasteiger partial charge in [-0.1, -0.05) is 40.7 Å². The Labute approximate surface area is 219 Å². The van der Waals surface area contributed by atoms with E-state index in [2.05, 4.69) is 22.5 Å². The monoisotopic (exact) mass is 564 g/mol. The van der Waals surface area contributed by atoms with Crippen LogP contribution < -0.4 is 0 Å². The topological polar surface area (TPSA) is 92.7 Å². The number of rotatable bonds is 9. The Kier molecular flexibility index (Phi) is 7.00. The number of aliphatic hydroxyl groups is 1. The molecule has 0 aliphatic carbocycles. The predicted molar refractivity (Wildman–Crippen MR) is 132 cm³/mol. The molecule has 0 spiro atoms. The summed E-state index contributed by atoms with van der Waals surface area (Å²) in [5, 5.41) is 9.42. The first-order chi connectivity index (χ1) is 17.4. The van der Waals surface area contributed by atoms with E-state index in [9.17, 15) is 9.90 Å². The molecule has 7 rings (SSSR count). The molecule has 36 heavy (non-hydrogen) atoms. The largest absolute Gasteiger partial charge is 0.458 e. The molecule has 8 nitrogen and oxygen atoms in total. The maximum absolute atomic E-state index is 12.7. The van der Waals surface area contributed by atoms with E-state index in [4.69, 9.17) is 28.4 Å². The molecule has 1 aromatic rings. The van der Waals surface area contributed by atoms with Crippen LogP contribution in [0.2, 0.25) is 0 Å². The van der Waals surface area contributed by atoms with Crippen LogP contribution in [0.25, 0.3) is 0 Å². The standard InChI is InChI=1S/C27H33BrO8/c1-15(28)13-18(32-26(30)16-5-3-2-4-6-16)9-11-27-14-20-22(35-27)23-24(34-20)25(36-27)21-19(33-23)8-7-17(31-21)10-12-29/h2-6,17-25,29H,1,7-14H2/t17-,18-,19+,20-,21+,22+,23+,24-,25-,27+/m1/s1. The number of halogens is 1. The van der Waals surface area contributed by atoms with Crippen molar-refractivity contribution in [1.29, 1.82) is 0 Å². The van der Waals surface area contributed by atoms with Crippen LogP contribution in [0.4, 0.5) is 0 Å². The Bertz CT molecular complexity index is 974. The van der Waals surface area contributed by atoms with Crippen molar-refractivity contribution in [3.8, 4) is 0 Å². The molecule has 6 aliphatic heterocycles. The fourth-order valence-corrected chi connectivity index (χ4v) is 6.82. The number of hydrogen-bond acceptors (Lipinski definition) is 8. The minimum atomic E-state index is -0.847. The average molecular weight is 565 g/mol. The fourth-order valence-electron chi connectivity index (χ4n) is 6.46. The molecule has 10 atom stereocenters. The van der Waals surface area contributed by atoms with Crippen molar-refractivity contribution in [2.45, 2.75) is 106 Å².